The van der Waals surface area contributed by atoms with Crippen LogP contribution in [-0.4, -0.2) is 36.6 Å². The summed E-state index contributed by atoms with van der Waals surface area (Å²) in [7, 11) is 0. The predicted octanol–water partition coefficient (Wildman–Crippen LogP) is 1.86. The van der Waals surface area contributed by atoms with Crippen molar-refractivity contribution in [3.8, 4) is 0 Å². The molecule has 15 heavy (non-hydrogen) atoms. The van der Waals surface area contributed by atoms with E-state index in [9.17, 15) is 0 Å². The fourth-order valence-corrected chi connectivity index (χ4v) is 3.27. The smallest absolute Gasteiger partial charge is 0.0166 e. The molecule has 2 nitrogen and oxygen atoms in total. The molecule has 2 aliphatic carbocycles. The van der Waals surface area contributed by atoms with Crippen molar-refractivity contribution in [3.63, 3.8) is 0 Å². The molecule has 0 aromatic rings. The summed E-state index contributed by atoms with van der Waals surface area (Å²) >= 11 is 0. The average Bonchev–Trinajstić information content (AvgIpc) is 3.01. The summed E-state index contributed by atoms with van der Waals surface area (Å²) in [5.74, 6) is 2.14. The molecule has 1 heterocycles. The zero-order chi connectivity index (χ0) is 10.3. The van der Waals surface area contributed by atoms with Gasteiger partial charge in [-0.2, -0.15) is 0 Å². The molecule has 1 atom stereocenters. The van der Waals surface area contributed by atoms with Gasteiger partial charge in [-0.15, -0.1) is 0 Å². The predicted molar refractivity (Wildman–Crippen MR) is 62.9 cm³/mol. The van der Waals surface area contributed by atoms with Gasteiger partial charge in [-0.1, -0.05) is 0 Å². The molecule has 0 bridgehead atoms. The fraction of sp³-hybridized carbons (Fsp3) is 1.00. The first kappa shape index (κ1) is 10.1. The number of nitrogens with zero attached hydrogens (tertiary/aromatic N) is 1. The lowest BCUT2D eigenvalue weighted by molar-refractivity contribution is 0.156. The number of hydrogen-bond acceptors (Lipinski definition) is 2. The maximum atomic E-state index is 3.61. The van der Waals surface area contributed by atoms with Crippen molar-refractivity contribution in [2.24, 2.45) is 11.8 Å². The maximum absolute atomic E-state index is 3.61. The minimum Gasteiger partial charge on any atom is -0.313 e. The Morgan fingerprint density at radius 3 is 2.40 bits per heavy atom. The molecule has 1 N–H and O–H groups in total. The van der Waals surface area contributed by atoms with Crippen LogP contribution in [0, 0.1) is 11.8 Å². The minimum atomic E-state index is 0.701. The molecular weight excluding hydrogens is 184 g/mol. The third-order valence-corrected chi connectivity index (χ3v) is 4.25. The quantitative estimate of drug-likeness (QED) is 0.761. The molecule has 1 unspecified atom stereocenters. The van der Waals surface area contributed by atoms with E-state index in [1.165, 1.54) is 51.7 Å². The van der Waals surface area contributed by atoms with Gasteiger partial charge in [0.1, 0.15) is 0 Å². The molecule has 86 valence electrons. The highest BCUT2D eigenvalue weighted by atomic mass is 15.2. The normalized spacial score (nSPS) is 34.4. The second-order valence-corrected chi connectivity index (χ2v) is 5.87. The van der Waals surface area contributed by atoms with E-state index in [4.69, 9.17) is 0 Å². The van der Waals surface area contributed by atoms with Crippen molar-refractivity contribution < 1.29 is 0 Å². The highest BCUT2D eigenvalue weighted by Crippen LogP contribution is 2.47. The van der Waals surface area contributed by atoms with Gasteiger partial charge in [0, 0.05) is 18.6 Å². The molecule has 0 amide bonds. The molecule has 3 fully saturated rings. The van der Waals surface area contributed by atoms with Gasteiger partial charge in [0.15, 0.2) is 0 Å². The summed E-state index contributed by atoms with van der Waals surface area (Å²) in [6.45, 7) is 6.20. The minimum absolute atomic E-state index is 0.701. The summed E-state index contributed by atoms with van der Waals surface area (Å²) in [5.41, 5.74) is 0. The summed E-state index contributed by atoms with van der Waals surface area (Å²) < 4.78 is 0. The van der Waals surface area contributed by atoms with Crippen LogP contribution in [0.5, 0.6) is 0 Å². The SMILES string of the molecule is CC1CN(C(C2CC2)C2CC2)CCCN1. The Balaban J connectivity index is 1.66. The second-order valence-electron chi connectivity index (χ2n) is 5.87. The molecule has 1 aliphatic heterocycles. The Bertz CT molecular complexity index is 209. The number of rotatable bonds is 3. The first-order valence-electron chi connectivity index (χ1n) is 6.82. The summed E-state index contributed by atoms with van der Waals surface area (Å²) in [6.07, 6.45) is 7.40. The first-order chi connectivity index (χ1) is 7.34. The first-order valence-corrected chi connectivity index (χ1v) is 6.82. The van der Waals surface area contributed by atoms with Crippen LogP contribution in [0.2, 0.25) is 0 Å². The molecule has 0 aromatic heterocycles. The molecule has 1 saturated heterocycles. The molecule has 3 rings (SSSR count). The van der Waals surface area contributed by atoms with Crippen molar-refractivity contribution >= 4 is 0 Å². The molecule has 0 aromatic carbocycles. The number of hydrogen-bond donors (Lipinski definition) is 1. The van der Waals surface area contributed by atoms with Crippen LogP contribution < -0.4 is 5.32 Å². The second kappa shape index (κ2) is 4.06. The van der Waals surface area contributed by atoms with E-state index in [0.29, 0.717) is 6.04 Å². The van der Waals surface area contributed by atoms with Crippen LogP contribution in [0.15, 0.2) is 0 Å². The Morgan fingerprint density at radius 2 is 1.80 bits per heavy atom. The summed E-state index contributed by atoms with van der Waals surface area (Å²) in [5, 5.41) is 3.61. The van der Waals surface area contributed by atoms with Crippen LogP contribution in [0.1, 0.15) is 39.0 Å². The largest absolute Gasteiger partial charge is 0.313 e. The van der Waals surface area contributed by atoms with Crippen molar-refractivity contribution in [1.29, 1.82) is 0 Å². The Labute approximate surface area is 93.4 Å². The highest BCUT2D eigenvalue weighted by molar-refractivity contribution is 4.98. The zero-order valence-corrected chi connectivity index (χ0v) is 9.91. The maximum Gasteiger partial charge on any atom is 0.0166 e. The molecule has 0 radical (unpaired) electrons. The van der Waals surface area contributed by atoms with E-state index >= 15 is 0 Å². The standard InChI is InChI=1S/C13H24N2/c1-10-9-15(8-2-7-14-10)13(11-3-4-11)12-5-6-12/h10-14H,2-9H2,1H3. The van der Waals surface area contributed by atoms with Gasteiger partial charge in [0.2, 0.25) is 0 Å². The van der Waals surface area contributed by atoms with Gasteiger partial charge >= 0.3 is 0 Å². The lowest BCUT2D eigenvalue weighted by Gasteiger charge is -2.32. The molecule has 0 spiro atoms. The third-order valence-electron chi connectivity index (χ3n) is 4.25. The van der Waals surface area contributed by atoms with E-state index in [1.807, 2.05) is 0 Å². The zero-order valence-electron chi connectivity index (χ0n) is 9.91. The van der Waals surface area contributed by atoms with Crippen molar-refractivity contribution in [1.82, 2.24) is 10.2 Å². The lowest BCUT2D eigenvalue weighted by Crippen LogP contribution is -2.43. The highest BCUT2D eigenvalue weighted by Gasteiger charge is 2.44. The van der Waals surface area contributed by atoms with Crippen LogP contribution in [0.3, 0.4) is 0 Å². The topological polar surface area (TPSA) is 15.3 Å². The van der Waals surface area contributed by atoms with E-state index in [2.05, 4.69) is 17.1 Å². The monoisotopic (exact) mass is 208 g/mol. The van der Waals surface area contributed by atoms with Crippen LogP contribution >= 0.6 is 0 Å². The molecule has 2 heteroatoms. The van der Waals surface area contributed by atoms with Crippen LogP contribution in [-0.2, 0) is 0 Å². The van der Waals surface area contributed by atoms with Gasteiger partial charge < -0.3 is 5.32 Å². The third kappa shape index (κ3) is 2.36. The summed E-state index contributed by atoms with van der Waals surface area (Å²) in [4.78, 5) is 2.82. The van der Waals surface area contributed by atoms with Gasteiger partial charge in [-0.05, 0) is 64.0 Å². The number of nitrogens with one attached hydrogen (secondary N) is 1. The van der Waals surface area contributed by atoms with E-state index in [1.54, 1.807) is 0 Å². The Morgan fingerprint density at radius 1 is 1.13 bits per heavy atom. The van der Waals surface area contributed by atoms with Gasteiger partial charge in [0.25, 0.3) is 0 Å². The average molecular weight is 208 g/mol. The van der Waals surface area contributed by atoms with Gasteiger partial charge in [-0.3, -0.25) is 4.90 Å². The van der Waals surface area contributed by atoms with E-state index < -0.39 is 0 Å². The summed E-state index contributed by atoms with van der Waals surface area (Å²) in [6, 6.07) is 1.67. The van der Waals surface area contributed by atoms with Crippen molar-refractivity contribution in [3.05, 3.63) is 0 Å². The molecule has 2 saturated carbocycles. The molecule has 3 aliphatic rings. The molecular formula is C13H24N2. The van der Waals surface area contributed by atoms with Crippen molar-refractivity contribution in [2.45, 2.75) is 51.1 Å². The van der Waals surface area contributed by atoms with Gasteiger partial charge in [0.05, 0.1) is 0 Å². The lowest BCUT2D eigenvalue weighted by atomic mass is 10.0. The van der Waals surface area contributed by atoms with Gasteiger partial charge in [-0.25, -0.2) is 0 Å². The van der Waals surface area contributed by atoms with Crippen LogP contribution in [0.25, 0.3) is 0 Å². The van der Waals surface area contributed by atoms with Crippen LogP contribution in [0.4, 0.5) is 0 Å². The van der Waals surface area contributed by atoms with E-state index in [-0.39, 0.29) is 0 Å². The van der Waals surface area contributed by atoms with Crippen molar-refractivity contribution in [2.75, 3.05) is 19.6 Å². The Hall–Kier alpha value is -0.0800. The Kier molecular flexibility index (Phi) is 2.73. The fourth-order valence-electron chi connectivity index (χ4n) is 3.27. The van der Waals surface area contributed by atoms with E-state index in [0.717, 1.165) is 17.9 Å².